The molecule has 0 fully saturated rings. The van der Waals surface area contributed by atoms with Crippen molar-refractivity contribution in [2.75, 3.05) is 17.2 Å². The average Bonchev–Trinajstić information content (AvgIpc) is 3.26. The molecule has 182 valence electrons. The fraction of sp³-hybridized carbons (Fsp3) is 0.179. The summed E-state index contributed by atoms with van der Waals surface area (Å²) in [6, 6.07) is 19.1. The summed E-state index contributed by atoms with van der Waals surface area (Å²) in [7, 11) is 0. The number of anilines is 3. The Kier molecular flexibility index (Phi) is 6.49. The van der Waals surface area contributed by atoms with Gasteiger partial charge in [0, 0.05) is 35.6 Å². The number of para-hydroxylation sites is 1. The Morgan fingerprint density at radius 1 is 1.11 bits per heavy atom. The SMILES string of the molecule is CCC1CNC(=O)c2c1[nH]c(-c1ccnc(NC(=O)Cc3ccc(F)cc3)c1)c2Nc1ccccc1. The smallest absolute Gasteiger partial charge is 0.255 e. The van der Waals surface area contributed by atoms with Crippen LogP contribution in [0.4, 0.5) is 21.6 Å². The largest absolute Gasteiger partial charge is 0.356 e. The molecule has 0 saturated carbocycles. The highest BCUT2D eigenvalue weighted by Gasteiger charge is 2.32. The van der Waals surface area contributed by atoms with Gasteiger partial charge in [0.05, 0.1) is 23.4 Å². The van der Waals surface area contributed by atoms with Crippen molar-refractivity contribution < 1.29 is 14.0 Å². The lowest BCUT2D eigenvalue weighted by Crippen LogP contribution is -2.34. The molecule has 0 aliphatic carbocycles. The van der Waals surface area contributed by atoms with E-state index in [1.54, 1.807) is 24.4 Å². The van der Waals surface area contributed by atoms with Crippen molar-refractivity contribution in [1.82, 2.24) is 15.3 Å². The Morgan fingerprint density at radius 2 is 1.89 bits per heavy atom. The fourth-order valence-corrected chi connectivity index (χ4v) is 4.45. The Morgan fingerprint density at radius 3 is 2.64 bits per heavy atom. The molecule has 0 spiro atoms. The van der Waals surface area contributed by atoms with E-state index in [2.05, 4.69) is 32.8 Å². The first-order valence-corrected chi connectivity index (χ1v) is 11.9. The van der Waals surface area contributed by atoms with Crippen molar-refractivity contribution in [3.63, 3.8) is 0 Å². The minimum Gasteiger partial charge on any atom is -0.356 e. The Balaban J connectivity index is 1.48. The molecule has 2 aromatic heterocycles. The van der Waals surface area contributed by atoms with Crippen molar-refractivity contribution in [2.24, 2.45) is 0 Å². The number of rotatable bonds is 7. The molecule has 0 saturated heterocycles. The predicted octanol–water partition coefficient (Wildman–Crippen LogP) is 5.38. The van der Waals surface area contributed by atoms with E-state index in [9.17, 15) is 14.0 Å². The average molecular weight is 484 g/mol. The van der Waals surface area contributed by atoms with Crippen LogP contribution in [0.15, 0.2) is 72.9 Å². The van der Waals surface area contributed by atoms with Crippen molar-refractivity contribution in [1.29, 1.82) is 0 Å². The topological polar surface area (TPSA) is 98.9 Å². The quantitative estimate of drug-likeness (QED) is 0.284. The number of hydrogen-bond acceptors (Lipinski definition) is 4. The number of nitrogens with one attached hydrogen (secondary N) is 4. The maximum atomic E-state index is 13.2. The van der Waals surface area contributed by atoms with Gasteiger partial charge in [-0.3, -0.25) is 9.59 Å². The van der Waals surface area contributed by atoms with Gasteiger partial charge in [-0.15, -0.1) is 0 Å². The lowest BCUT2D eigenvalue weighted by molar-refractivity contribution is -0.115. The van der Waals surface area contributed by atoms with E-state index < -0.39 is 0 Å². The molecule has 8 heteroatoms. The molecule has 4 N–H and O–H groups in total. The summed E-state index contributed by atoms with van der Waals surface area (Å²) in [5, 5.41) is 9.24. The van der Waals surface area contributed by atoms with Crippen molar-refractivity contribution in [2.45, 2.75) is 25.7 Å². The van der Waals surface area contributed by atoms with Crippen LogP contribution in [-0.2, 0) is 11.2 Å². The van der Waals surface area contributed by atoms with Gasteiger partial charge in [-0.05, 0) is 48.4 Å². The van der Waals surface area contributed by atoms with Gasteiger partial charge >= 0.3 is 0 Å². The number of amides is 2. The van der Waals surface area contributed by atoms with Crippen LogP contribution in [0.1, 0.15) is 40.9 Å². The highest BCUT2D eigenvalue weighted by molar-refractivity contribution is 6.06. The number of aromatic amines is 1. The van der Waals surface area contributed by atoms with E-state index in [1.807, 2.05) is 36.4 Å². The molecule has 1 aliphatic rings. The number of carbonyl (C=O) groups excluding carboxylic acids is 2. The van der Waals surface area contributed by atoms with Crippen molar-refractivity contribution in [3.8, 4) is 11.3 Å². The van der Waals surface area contributed by atoms with E-state index in [0.29, 0.717) is 29.2 Å². The fourth-order valence-electron chi connectivity index (χ4n) is 4.45. The van der Waals surface area contributed by atoms with Gasteiger partial charge in [-0.1, -0.05) is 37.3 Å². The second kappa shape index (κ2) is 10.0. The molecule has 1 aliphatic heterocycles. The van der Waals surface area contributed by atoms with E-state index in [1.165, 1.54) is 12.1 Å². The molecule has 2 amide bonds. The highest BCUT2D eigenvalue weighted by atomic mass is 19.1. The van der Waals surface area contributed by atoms with Crippen LogP contribution in [0.3, 0.4) is 0 Å². The summed E-state index contributed by atoms with van der Waals surface area (Å²) >= 11 is 0. The van der Waals surface area contributed by atoms with Gasteiger partial charge in [0.2, 0.25) is 5.91 Å². The van der Waals surface area contributed by atoms with Crippen LogP contribution in [0.25, 0.3) is 11.3 Å². The van der Waals surface area contributed by atoms with Crippen LogP contribution in [0.5, 0.6) is 0 Å². The molecular formula is C28H26FN5O2. The molecule has 0 bridgehead atoms. The first-order chi connectivity index (χ1) is 17.5. The molecule has 3 heterocycles. The molecule has 1 unspecified atom stereocenters. The molecule has 0 radical (unpaired) electrons. The normalized spacial score (nSPS) is 14.6. The second-order valence-electron chi connectivity index (χ2n) is 8.75. The Bertz CT molecular complexity index is 1400. The number of halogens is 1. The van der Waals surface area contributed by atoms with Gasteiger partial charge in [0.25, 0.3) is 5.91 Å². The first-order valence-electron chi connectivity index (χ1n) is 11.9. The maximum absolute atomic E-state index is 13.2. The minimum absolute atomic E-state index is 0.0994. The van der Waals surface area contributed by atoms with E-state index in [4.69, 9.17) is 0 Å². The van der Waals surface area contributed by atoms with Gasteiger partial charge in [-0.25, -0.2) is 9.37 Å². The van der Waals surface area contributed by atoms with Gasteiger partial charge in [0.15, 0.2) is 0 Å². The summed E-state index contributed by atoms with van der Waals surface area (Å²) < 4.78 is 13.2. The third kappa shape index (κ3) is 4.84. The summed E-state index contributed by atoms with van der Waals surface area (Å²) in [6.45, 7) is 2.67. The molecule has 5 rings (SSSR count). The van der Waals surface area contributed by atoms with E-state index in [-0.39, 0.29) is 30.0 Å². The minimum atomic E-state index is -0.346. The monoisotopic (exact) mass is 483 g/mol. The number of hydrogen-bond donors (Lipinski definition) is 4. The molecular weight excluding hydrogens is 457 g/mol. The molecule has 36 heavy (non-hydrogen) atoms. The third-order valence-corrected chi connectivity index (χ3v) is 6.30. The number of pyridine rings is 1. The lowest BCUT2D eigenvalue weighted by Gasteiger charge is -2.22. The number of carbonyl (C=O) groups is 2. The first kappa shape index (κ1) is 23.3. The molecule has 2 aromatic carbocycles. The zero-order chi connectivity index (χ0) is 25.1. The number of aromatic nitrogens is 2. The summed E-state index contributed by atoms with van der Waals surface area (Å²) in [6.07, 6.45) is 2.59. The van der Waals surface area contributed by atoms with Gasteiger partial charge in [0.1, 0.15) is 11.6 Å². The van der Waals surface area contributed by atoms with Crippen molar-refractivity contribution in [3.05, 3.63) is 95.6 Å². The Labute approximate surface area is 208 Å². The zero-order valence-corrected chi connectivity index (χ0v) is 19.8. The Hall–Kier alpha value is -4.46. The van der Waals surface area contributed by atoms with Crippen LogP contribution < -0.4 is 16.0 Å². The summed E-state index contributed by atoms with van der Waals surface area (Å²) in [4.78, 5) is 33.3. The zero-order valence-electron chi connectivity index (χ0n) is 19.8. The number of nitrogens with zero attached hydrogens (tertiary/aromatic N) is 1. The van der Waals surface area contributed by atoms with Crippen molar-refractivity contribution >= 4 is 29.0 Å². The summed E-state index contributed by atoms with van der Waals surface area (Å²) in [5.41, 5.74) is 5.26. The highest BCUT2D eigenvalue weighted by Crippen LogP contribution is 2.40. The van der Waals surface area contributed by atoms with E-state index in [0.717, 1.165) is 29.1 Å². The van der Waals surface area contributed by atoms with Crippen LogP contribution in [0, 0.1) is 5.82 Å². The molecule has 7 nitrogen and oxygen atoms in total. The molecule has 4 aromatic rings. The number of fused-ring (bicyclic) bond motifs is 1. The standard InChI is InChI=1S/C28H26FN5O2/c1-2-18-16-31-28(36)24-25(18)34-26(27(24)32-21-6-4-3-5-7-21)19-12-13-30-22(15-19)33-23(35)14-17-8-10-20(29)11-9-17/h3-13,15,18,32,34H,2,14,16H2,1H3,(H,31,36)(H,30,33,35). The molecule has 1 atom stereocenters. The van der Waals surface area contributed by atoms with Crippen LogP contribution in [-0.4, -0.2) is 28.3 Å². The van der Waals surface area contributed by atoms with E-state index >= 15 is 0 Å². The second-order valence-corrected chi connectivity index (χ2v) is 8.75. The van der Waals surface area contributed by atoms with Gasteiger partial charge < -0.3 is 20.9 Å². The maximum Gasteiger partial charge on any atom is 0.255 e. The predicted molar refractivity (Wildman–Crippen MR) is 138 cm³/mol. The lowest BCUT2D eigenvalue weighted by atomic mass is 9.94. The summed E-state index contributed by atoms with van der Waals surface area (Å²) in [5.74, 6) is -0.183. The van der Waals surface area contributed by atoms with Crippen LogP contribution >= 0.6 is 0 Å². The third-order valence-electron chi connectivity index (χ3n) is 6.30. The van der Waals surface area contributed by atoms with Gasteiger partial charge in [-0.2, -0.15) is 0 Å². The number of H-pyrrole nitrogens is 1. The van der Waals surface area contributed by atoms with Crippen LogP contribution in [0.2, 0.25) is 0 Å². The number of benzene rings is 2.